The van der Waals surface area contributed by atoms with Gasteiger partial charge in [-0.05, 0) is 55.3 Å². The number of nitrogens with zero attached hydrogens (tertiary/aromatic N) is 1. The summed E-state index contributed by atoms with van der Waals surface area (Å²) in [5, 5.41) is 13.6. The number of aliphatic carboxylic acids is 1. The molecular formula is C22H30ClN5O4. The highest BCUT2D eigenvalue weighted by Crippen LogP contribution is 2.30. The van der Waals surface area contributed by atoms with Gasteiger partial charge in [-0.25, -0.2) is 4.79 Å². The molecule has 2 amide bonds. The number of benzene rings is 2. The molecular weight excluding hydrogens is 434 g/mol. The first-order valence-electron chi connectivity index (χ1n) is 10.3. The van der Waals surface area contributed by atoms with Crippen molar-refractivity contribution in [3.8, 4) is 5.75 Å². The first-order valence-corrected chi connectivity index (χ1v) is 10.7. The van der Waals surface area contributed by atoms with Crippen LogP contribution in [0.4, 0.5) is 16.2 Å². The van der Waals surface area contributed by atoms with Crippen LogP contribution in [0.1, 0.15) is 32.8 Å². The Bertz CT molecular complexity index is 910. The maximum atomic E-state index is 12.2. The van der Waals surface area contributed by atoms with Crippen LogP contribution in [-0.4, -0.2) is 29.8 Å². The second-order valence-electron chi connectivity index (χ2n) is 7.33. The molecule has 174 valence electrons. The van der Waals surface area contributed by atoms with Crippen molar-refractivity contribution < 1.29 is 19.4 Å². The quantitative estimate of drug-likeness (QED) is 0.322. The molecule has 0 unspecified atom stereocenters. The summed E-state index contributed by atoms with van der Waals surface area (Å²) < 4.78 is 5.83. The zero-order valence-electron chi connectivity index (χ0n) is 18.4. The van der Waals surface area contributed by atoms with E-state index in [2.05, 4.69) is 16.3 Å². The van der Waals surface area contributed by atoms with Gasteiger partial charge in [-0.15, -0.1) is 5.53 Å². The summed E-state index contributed by atoms with van der Waals surface area (Å²) in [5.41, 5.74) is 13.4. The summed E-state index contributed by atoms with van der Waals surface area (Å²) in [5.74, 6) is -0.987. The SMILES string of the molecule is CC[C@@H](C)Oc1ccc(N(NNC(=O)NC[C@H](C)C(=O)O)c2cc(Cl)ccc2CN)cc1. The van der Waals surface area contributed by atoms with Crippen LogP contribution in [0.2, 0.25) is 5.02 Å². The summed E-state index contributed by atoms with van der Waals surface area (Å²) in [7, 11) is 0. The Morgan fingerprint density at radius 3 is 2.47 bits per heavy atom. The van der Waals surface area contributed by atoms with Crippen molar-refractivity contribution in [3.63, 3.8) is 0 Å². The number of carbonyl (C=O) groups is 2. The Morgan fingerprint density at radius 1 is 1.19 bits per heavy atom. The highest BCUT2D eigenvalue weighted by Gasteiger charge is 2.17. The topological polar surface area (TPSA) is 129 Å². The molecule has 0 aromatic heterocycles. The Kier molecular flexibility index (Phi) is 9.58. The molecule has 0 heterocycles. The van der Waals surface area contributed by atoms with Gasteiger partial charge >= 0.3 is 12.0 Å². The van der Waals surface area contributed by atoms with Crippen molar-refractivity contribution in [1.82, 2.24) is 16.3 Å². The number of urea groups is 1. The molecule has 10 heteroatoms. The molecule has 0 saturated heterocycles. The third-order valence-electron chi connectivity index (χ3n) is 4.79. The van der Waals surface area contributed by atoms with Crippen LogP contribution >= 0.6 is 11.6 Å². The monoisotopic (exact) mass is 463 g/mol. The fourth-order valence-electron chi connectivity index (χ4n) is 2.66. The first kappa shape index (κ1) is 25.3. The van der Waals surface area contributed by atoms with Crippen molar-refractivity contribution >= 4 is 35.0 Å². The molecule has 9 nitrogen and oxygen atoms in total. The molecule has 32 heavy (non-hydrogen) atoms. The van der Waals surface area contributed by atoms with E-state index >= 15 is 0 Å². The molecule has 2 aromatic carbocycles. The van der Waals surface area contributed by atoms with Crippen molar-refractivity contribution in [2.45, 2.75) is 39.8 Å². The van der Waals surface area contributed by atoms with E-state index in [0.717, 1.165) is 17.7 Å². The van der Waals surface area contributed by atoms with E-state index in [9.17, 15) is 9.59 Å². The second kappa shape index (κ2) is 12.1. The van der Waals surface area contributed by atoms with E-state index in [-0.39, 0.29) is 19.2 Å². The van der Waals surface area contributed by atoms with Gasteiger partial charge in [-0.1, -0.05) is 31.5 Å². The van der Waals surface area contributed by atoms with Crippen LogP contribution in [0.25, 0.3) is 0 Å². The lowest BCUT2D eigenvalue weighted by atomic mass is 10.1. The number of hydrazine groups is 2. The number of hydrogen-bond acceptors (Lipinski definition) is 6. The zero-order valence-corrected chi connectivity index (χ0v) is 19.1. The minimum atomic E-state index is -0.994. The normalized spacial score (nSPS) is 12.5. The van der Waals surface area contributed by atoms with Crippen molar-refractivity contribution in [2.24, 2.45) is 11.7 Å². The highest BCUT2D eigenvalue weighted by atomic mass is 35.5. The molecule has 0 aliphatic carbocycles. The maximum absolute atomic E-state index is 12.2. The van der Waals surface area contributed by atoms with Crippen LogP contribution < -0.4 is 31.8 Å². The minimum absolute atomic E-state index is 0.0181. The Morgan fingerprint density at radius 2 is 1.88 bits per heavy atom. The van der Waals surface area contributed by atoms with E-state index in [1.807, 2.05) is 38.1 Å². The number of anilines is 2. The number of rotatable bonds is 11. The van der Waals surface area contributed by atoms with Gasteiger partial charge in [0.1, 0.15) is 5.75 Å². The number of nitrogens with two attached hydrogens (primary N) is 1. The number of ether oxygens (including phenoxy) is 1. The number of nitrogens with one attached hydrogen (secondary N) is 3. The number of amides is 2. The van der Waals surface area contributed by atoms with Gasteiger partial charge in [0, 0.05) is 18.1 Å². The molecule has 0 bridgehead atoms. The molecule has 2 aromatic rings. The van der Waals surface area contributed by atoms with Gasteiger partial charge in [-0.2, -0.15) is 0 Å². The number of halogens is 1. The smallest absolute Gasteiger partial charge is 0.330 e. The van der Waals surface area contributed by atoms with E-state index in [0.29, 0.717) is 16.4 Å². The van der Waals surface area contributed by atoms with Gasteiger partial charge in [-0.3, -0.25) is 15.2 Å². The predicted octanol–water partition coefficient (Wildman–Crippen LogP) is 3.55. The zero-order chi connectivity index (χ0) is 23.7. The van der Waals surface area contributed by atoms with Crippen molar-refractivity contribution in [2.75, 3.05) is 11.6 Å². The van der Waals surface area contributed by atoms with Gasteiger partial charge < -0.3 is 20.9 Å². The lowest BCUT2D eigenvalue weighted by Crippen LogP contribution is -2.52. The van der Waals surface area contributed by atoms with Crippen LogP contribution in [0, 0.1) is 5.92 Å². The van der Waals surface area contributed by atoms with E-state index in [1.54, 1.807) is 23.2 Å². The molecule has 0 saturated carbocycles. The van der Waals surface area contributed by atoms with E-state index < -0.39 is 17.9 Å². The van der Waals surface area contributed by atoms with Crippen molar-refractivity contribution in [1.29, 1.82) is 0 Å². The van der Waals surface area contributed by atoms with Crippen LogP contribution in [0.5, 0.6) is 5.75 Å². The highest BCUT2D eigenvalue weighted by molar-refractivity contribution is 6.30. The maximum Gasteiger partial charge on any atom is 0.330 e. The van der Waals surface area contributed by atoms with Gasteiger partial charge in [0.15, 0.2) is 0 Å². The third-order valence-corrected chi connectivity index (χ3v) is 5.02. The molecule has 0 spiro atoms. The summed E-state index contributed by atoms with van der Waals surface area (Å²) in [6, 6.07) is 12.0. The number of carboxylic acids is 1. The predicted molar refractivity (Wildman–Crippen MR) is 125 cm³/mol. The largest absolute Gasteiger partial charge is 0.491 e. The van der Waals surface area contributed by atoms with Crippen LogP contribution in [-0.2, 0) is 11.3 Å². The van der Waals surface area contributed by atoms with Gasteiger partial charge in [0.2, 0.25) is 0 Å². The Balaban J connectivity index is 2.23. The molecule has 2 rings (SSSR count). The average molecular weight is 464 g/mol. The summed E-state index contributed by atoms with van der Waals surface area (Å²) in [6.07, 6.45) is 0.975. The lowest BCUT2D eigenvalue weighted by Gasteiger charge is -2.28. The minimum Gasteiger partial charge on any atom is -0.491 e. The molecule has 0 aliphatic heterocycles. The molecule has 2 atom stereocenters. The molecule has 0 aliphatic rings. The molecule has 0 fully saturated rings. The van der Waals surface area contributed by atoms with E-state index in [4.69, 9.17) is 27.2 Å². The van der Waals surface area contributed by atoms with Crippen LogP contribution in [0.15, 0.2) is 42.5 Å². The van der Waals surface area contributed by atoms with Gasteiger partial charge in [0.05, 0.1) is 23.4 Å². The Hall–Kier alpha value is -3.01. The average Bonchev–Trinajstić information content (AvgIpc) is 2.78. The van der Waals surface area contributed by atoms with Crippen molar-refractivity contribution in [3.05, 3.63) is 53.1 Å². The summed E-state index contributed by atoms with van der Waals surface area (Å²) >= 11 is 6.21. The summed E-state index contributed by atoms with van der Waals surface area (Å²) in [6.45, 7) is 5.78. The number of carboxylic acid groups (broad SMARTS) is 1. The third kappa shape index (κ3) is 7.30. The Labute approximate surface area is 192 Å². The number of carbonyl (C=O) groups excluding carboxylic acids is 1. The molecule has 6 N–H and O–H groups in total. The fraction of sp³-hybridized carbons (Fsp3) is 0.364. The van der Waals surface area contributed by atoms with Gasteiger partial charge in [0.25, 0.3) is 0 Å². The van der Waals surface area contributed by atoms with Crippen LogP contribution in [0.3, 0.4) is 0 Å². The lowest BCUT2D eigenvalue weighted by molar-refractivity contribution is -0.140. The fourth-order valence-corrected chi connectivity index (χ4v) is 2.82. The first-order chi connectivity index (χ1) is 15.2. The summed E-state index contributed by atoms with van der Waals surface area (Å²) in [4.78, 5) is 23.1. The number of hydrogen-bond donors (Lipinski definition) is 5. The molecule has 0 radical (unpaired) electrons. The standard InChI is InChI=1S/C22H30ClN5O4/c1-4-15(3)32-19-9-7-18(8-10-19)28(20-11-17(23)6-5-16(20)12-24)27-26-22(31)25-13-14(2)21(29)30/h5-11,14-15,27H,4,12-13,24H2,1-3H3,(H,29,30)(H2,25,26,31)/t14-,15+/m0/s1. The second-order valence-corrected chi connectivity index (χ2v) is 7.77. The van der Waals surface area contributed by atoms with E-state index in [1.165, 1.54) is 6.92 Å².